The van der Waals surface area contributed by atoms with Crippen LogP contribution in [0.3, 0.4) is 0 Å². The fourth-order valence-corrected chi connectivity index (χ4v) is 6.02. The van der Waals surface area contributed by atoms with Crippen LogP contribution in [0, 0.1) is 17.8 Å². The van der Waals surface area contributed by atoms with Gasteiger partial charge in [-0.3, -0.25) is 29.0 Å². The molecule has 4 amide bonds. The van der Waals surface area contributed by atoms with E-state index in [0.717, 1.165) is 29.0 Å². The predicted molar refractivity (Wildman–Crippen MR) is 224 cm³/mol. The number of guanidine groups is 1. The average Bonchev–Trinajstić information content (AvgIpc) is 3.19. The van der Waals surface area contributed by atoms with Gasteiger partial charge in [0.15, 0.2) is 5.96 Å². The topological polar surface area (TPSA) is 319 Å². The molecule has 1 rings (SSSR count). The van der Waals surface area contributed by atoms with E-state index >= 15 is 0 Å². The predicted octanol–water partition coefficient (Wildman–Crippen LogP) is 0.537. The number of likely N-dealkylation sites (N-methyl/N-ethyl adjacent to an activating group) is 1. The van der Waals surface area contributed by atoms with Crippen LogP contribution >= 0.6 is 0 Å². The van der Waals surface area contributed by atoms with E-state index in [2.05, 4.69) is 27.5 Å². The van der Waals surface area contributed by atoms with Gasteiger partial charge in [0.1, 0.15) is 24.2 Å². The number of benzene rings is 1. The van der Waals surface area contributed by atoms with E-state index in [1.165, 1.54) is 14.0 Å². The SMILES string of the molecule is C=C[C@H](C(=O)N[C@@H](C(=O)O)[C@H](C)C(=O)N[C@@H](CCCN=C(N)N)C(=O)O)N(C)C(=O)[C@@H](CCC(=O)O)NC(=O)[C@@H](C)[C@@H](N)C=CC(C)=C[C@H](C)[C@H](Cc1ccccc1)OC. The van der Waals surface area contributed by atoms with E-state index < -0.39 is 90.0 Å². The second-order valence-electron chi connectivity index (χ2n) is 14.5. The number of carbonyl (C=O) groups excluding carboxylic acids is 4. The fraction of sp³-hybridized carbons (Fsp3) is 0.512. The number of aliphatic carboxylic acids is 3. The largest absolute Gasteiger partial charge is 0.481 e. The number of nitrogens with two attached hydrogens (primary N) is 3. The van der Waals surface area contributed by atoms with E-state index in [9.17, 15) is 48.9 Å². The molecule has 0 radical (unpaired) electrons. The third-order valence-electron chi connectivity index (χ3n) is 9.82. The van der Waals surface area contributed by atoms with Crippen LogP contribution in [-0.2, 0) is 44.7 Å². The molecule has 0 saturated carbocycles. The minimum atomic E-state index is -1.89. The van der Waals surface area contributed by atoms with Gasteiger partial charge >= 0.3 is 17.9 Å². The maximum absolute atomic E-state index is 13.8. The molecule has 0 aliphatic carbocycles. The van der Waals surface area contributed by atoms with E-state index in [-0.39, 0.29) is 43.8 Å². The van der Waals surface area contributed by atoms with Crippen molar-refractivity contribution in [1.29, 1.82) is 0 Å². The van der Waals surface area contributed by atoms with Gasteiger partial charge in [0.25, 0.3) is 0 Å². The fourth-order valence-electron chi connectivity index (χ4n) is 6.02. The van der Waals surface area contributed by atoms with Crippen LogP contribution in [0.1, 0.15) is 58.9 Å². The molecule has 12 N–H and O–H groups in total. The van der Waals surface area contributed by atoms with Crippen LogP contribution < -0.4 is 33.2 Å². The number of amides is 4. The zero-order valence-corrected chi connectivity index (χ0v) is 35.1. The summed E-state index contributed by atoms with van der Waals surface area (Å²) >= 11 is 0. The Bertz CT molecular complexity index is 1730. The Hall–Kier alpha value is -6.08. The third kappa shape index (κ3) is 17.8. The molecule has 0 saturated heterocycles. The number of carboxylic acids is 3. The molecular weight excluding hydrogens is 780 g/mol. The number of aliphatic imine (C=N–C) groups is 1. The van der Waals surface area contributed by atoms with Gasteiger partial charge < -0.3 is 58.1 Å². The van der Waals surface area contributed by atoms with Crippen molar-refractivity contribution < 1.29 is 53.6 Å². The first-order valence-electron chi connectivity index (χ1n) is 19.4. The van der Waals surface area contributed by atoms with Crippen molar-refractivity contribution in [1.82, 2.24) is 20.9 Å². The quantitative estimate of drug-likeness (QED) is 0.0192. The van der Waals surface area contributed by atoms with Crippen LogP contribution in [0.4, 0.5) is 0 Å². The van der Waals surface area contributed by atoms with E-state index in [4.69, 9.17) is 21.9 Å². The first kappa shape index (κ1) is 51.9. The van der Waals surface area contributed by atoms with Crippen molar-refractivity contribution in [2.45, 2.75) is 96.1 Å². The van der Waals surface area contributed by atoms with Crippen molar-refractivity contribution >= 4 is 47.5 Å². The van der Waals surface area contributed by atoms with Gasteiger partial charge in [-0.05, 0) is 38.2 Å². The lowest BCUT2D eigenvalue weighted by atomic mass is 9.95. The van der Waals surface area contributed by atoms with Crippen molar-refractivity contribution in [2.75, 3.05) is 20.7 Å². The summed E-state index contributed by atoms with van der Waals surface area (Å²) in [5.41, 5.74) is 18.9. The van der Waals surface area contributed by atoms with E-state index in [1.807, 2.05) is 50.3 Å². The molecule has 19 nitrogen and oxygen atoms in total. The summed E-state index contributed by atoms with van der Waals surface area (Å²) in [4.78, 5) is 93.7. The molecule has 1 aromatic carbocycles. The maximum atomic E-state index is 13.8. The second-order valence-corrected chi connectivity index (χ2v) is 14.5. The summed E-state index contributed by atoms with van der Waals surface area (Å²) in [5, 5.41) is 35.9. The minimum absolute atomic E-state index is 0.0325. The van der Waals surface area contributed by atoms with Gasteiger partial charge in [-0.1, -0.05) is 81.0 Å². The highest BCUT2D eigenvalue weighted by molar-refractivity contribution is 5.96. The molecule has 19 heteroatoms. The van der Waals surface area contributed by atoms with Gasteiger partial charge in [-0.2, -0.15) is 0 Å². The first-order valence-corrected chi connectivity index (χ1v) is 19.4. The number of allylic oxidation sites excluding steroid dienone is 2. The molecule has 1 aromatic rings. The van der Waals surface area contributed by atoms with Crippen molar-refractivity contribution in [3.8, 4) is 0 Å². The number of hydrogen-bond donors (Lipinski definition) is 9. The number of ether oxygens (including phenoxy) is 1. The molecule has 9 atom stereocenters. The smallest absolute Gasteiger partial charge is 0.327 e. The Morgan fingerprint density at radius 1 is 0.883 bits per heavy atom. The van der Waals surface area contributed by atoms with Crippen LogP contribution in [-0.4, -0.2) is 125 Å². The Labute approximate surface area is 350 Å². The average molecular weight is 843 g/mol. The van der Waals surface area contributed by atoms with Crippen LogP contribution in [0.15, 0.2) is 71.8 Å². The summed E-state index contributed by atoms with van der Waals surface area (Å²) in [7, 11) is 2.82. The number of nitrogens with one attached hydrogen (secondary N) is 3. The molecule has 0 bridgehead atoms. The normalized spacial score (nSPS) is 16.0. The summed E-state index contributed by atoms with van der Waals surface area (Å²) in [6.07, 6.45) is 6.23. The highest BCUT2D eigenvalue weighted by Crippen LogP contribution is 2.18. The van der Waals surface area contributed by atoms with Crippen molar-refractivity contribution in [3.05, 3.63) is 72.4 Å². The van der Waals surface area contributed by atoms with Crippen molar-refractivity contribution in [2.24, 2.45) is 39.9 Å². The van der Waals surface area contributed by atoms with Crippen LogP contribution in [0.25, 0.3) is 0 Å². The maximum Gasteiger partial charge on any atom is 0.327 e. The second kappa shape index (κ2) is 26.1. The van der Waals surface area contributed by atoms with Gasteiger partial charge in [0.2, 0.25) is 23.6 Å². The highest BCUT2D eigenvalue weighted by Gasteiger charge is 2.37. The number of carbonyl (C=O) groups is 7. The van der Waals surface area contributed by atoms with Gasteiger partial charge in [-0.15, -0.1) is 6.58 Å². The number of methoxy groups -OCH3 is 1. The first-order chi connectivity index (χ1) is 28.1. The number of hydrogen-bond acceptors (Lipinski definition) is 10. The molecule has 0 aliphatic rings. The molecular formula is C41H62N8O11. The van der Waals surface area contributed by atoms with Gasteiger partial charge in [0.05, 0.1) is 17.9 Å². The Morgan fingerprint density at radius 3 is 2.02 bits per heavy atom. The molecule has 0 fully saturated rings. The Balaban J connectivity index is 3.10. The molecule has 0 aromatic heterocycles. The zero-order chi connectivity index (χ0) is 45.7. The summed E-state index contributed by atoms with van der Waals surface area (Å²) in [5.74, 6) is -10.6. The number of carboxylic acid groups (broad SMARTS) is 3. The summed E-state index contributed by atoms with van der Waals surface area (Å²) < 4.78 is 5.73. The lowest BCUT2D eigenvalue weighted by molar-refractivity contribution is -0.148. The Kier molecular flexibility index (Phi) is 22.6. The molecule has 0 spiro atoms. The molecule has 0 unspecified atom stereocenters. The minimum Gasteiger partial charge on any atom is -0.481 e. The lowest BCUT2D eigenvalue weighted by Crippen LogP contribution is -2.58. The van der Waals surface area contributed by atoms with Crippen LogP contribution in [0.5, 0.6) is 0 Å². The monoisotopic (exact) mass is 842 g/mol. The van der Waals surface area contributed by atoms with Crippen molar-refractivity contribution in [3.63, 3.8) is 0 Å². The third-order valence-corrected chi connectivity index (χ3v) is 9.82. The van der Waals surface area contributed by atoms with Gasteiger partial charge in [0, 0.05) is 39.1 Å². The standard InChI is InChI=1S/C41H62N8O11/c1-8-31(37(54)48-34(40(58)59)26(5)36(53)47-30(39(56)57)15-12-20-45-41(43)44)49(6)38(55)29(18-19-33(50)51)46-35(52)25(4)28(42)17-16-23(2)21-24(3)32(60-7)22-27-13-10-9-11-14-27/h8-11,13-14,16-17,21,24-26,28-32,34H,1,12,15,18-20,22,42H2,2-7H3,(H,46,52)(H,47,53)(H,48,54)(H,50,51)(H,56,57)(H,58,59)(H4,43,44,45)/t24-,25-,26-,28-,29+,30-,31+,32-,34+/m0/s1. The van der Waals surface area contributed by atoms with E-state index in [0.29, 0.717) is 6.42 Å². The molecule has 0 aliphatic heterocycles. The zero-order valence-electron chi connectivity index (χ0n) is 35.1. The molecule has 0 heterocycles. The molecule has 60 heavy (non-hydrogen) atoms. The highest BCUT2D eigenvalue weighted by atomic mass is 16.5. The Morgan fingerprint density at radius 2 is 1.48 bits per heavy atom. The van der Waals surface area contributed by atoms with Gasteiger partial charge in [-0.25, -0.2) is 9.59 Å². The summed E-state index contributed by atoms with van der Waals surface area (Å²) in [6.45, 7) is 10.2. The number of rotatable bonds is 27. The van der Waals surface area contributed by atoms with Crippen LogP contribution in [0.2, 0.25) is 0 Å². The summed E-state index contributed by atoms with van der Waals surface area (Å²) in [6, 6.07) is 2.77. The number of nitrogens with zero attached hydrogens (tertiary/aromatic N) is 2. The molecule has 332 valence electrons. The lowest BCUT2D eigenvalue weighted by Gasteiger charge is -2.31. The van der Waals surface area contributed by atoms with E-state index in [1.54, 1.807) is 19.3 Å².